The molecule has 0 aromatic rings. The van der Waals surface area contributed by atoms with Crippen LogP contribution < -0.4 is 10.6 Å². The molecule has 0 heterocycles. The Morgan fingerprint density at radius 2 is 1.88 bits per heavy atom. The molecule has 5 nitrogen and oxygen atoms in total. The number of carbonyl (C=O) groups excluding carboxylic acids is 2. The van der Waals surface area contributed by atoms with Gasteiger partial charge in [-0.15, -0.1) is 0 Å². The highest BCUT2D eigenvalue weighted by molar-refractivity contribution is 5.84. The molecule has 0 aliphatic heterocycles. The highest BCUT2D eigenvalue weighted by Gasteiger charge is 2.29. The van der Waals surface area contributed by atoms with Gasteiger partial charge < -0.3 is 10.6 Å². The molecule has 96 valence electrons. The Balaban J connectivity index is 4.44. The zero-order valence-electron chi connectivity index (χ0n) is 11.1. The molecule has 0 aliphatic rings. The molecule has 17 heavy (non-hydrogen) atoms. The molecule has 1 unspecified atom stereocenters. The first-order chi connectivity index (χ1) is 7.76. The molecule has 5 heteroatoms. The van der Waals surface area contributed by atoms with Crippen LogP contribution in [-0.2, 0) is 9.59 Å². The maximum absolute atomic E-state index is 11.7. The van der Waals surface area contributed by atoms with E-state index in [1.807, 2.05) is 19.9 Å². The summed E-state index contributed by atoms with van der Waals surface area (Å²) < 4.78 is 0. The monoisotopic (exact) mass is 239 g/mol. The summed E-state index contributed by atoms with van der Waals surface area (Å²) in [4.78, 5) is 23.2. The summed E-state index contributed by atoms with van der Waals surface area (Å²) in [7, 11) is 1.55. The van der Waals surface area contributed by atoms with Gasteiger partial charge in [0.25, 0.3) is 0 Å². The van der Waals surface area contributed by atoms with E-state index in [1.54, 1.807) is 20.9 Å². The van der Waals surface area contributed by atoms with Crippen molar-refractivity contribution in [3.05, 3.63) is 0 Å². The van der Waals surface area contributed by atoms with Crippen LogP contribution in [0.15, 0.2) is 0 Å². The number of hydrogen-bond acceptors (Lipinski definition) is 3. The maximum Gasteiger partial charge on any atom is 0.237 e. The van der Waals surface area contributed by atoms with Crippen molar-refractivity contribution in [2.45, 2.75) is 27.7 Å². The molecule has 0 aliphatic carbocycles. The Labute approximate surface area is 103 Å². The van der Waals surface area contributed by atoms with E-state index >= 15 is 0 Å². The third-order valence-corrected chi connectivity index (χ3v) is 2.63. The summed E-state index contributed by atoms with van der Waals surface area (Å²) in [6.45, 7) is 7.33. The lowest BCUT2D eigenvalue weighted by Gasteiger charge is -2.24. The van der Waals surface area contributed by atoms with Gasteiger partial charge >= 0.3 is 0 Å². The van der Waals surface area contributed by atoms with Gasteiger partial charge in [-0.2, -0.15) is 5.26 Å². The Morgan fingerprint density at radius 3 is 2.24 bits per heavy atom. The van der Waals surface area contributed by atoms with Gasteiger partial charge in [-0.05, 0) is 19.8 Å². The Kier molecular flexibility index (Phi) is 5.66. The van der Waals surface area contributed by atoms with E-state index in [-0.39, 0.29) is 24.3 Å². The molecule has 0 saturated heterocycles. The zero-order valence-corrected chi connectivity index (χ0v) is 11.1. The minimum atomic E-state index is -0.679. The van der Waals surface area contributed by atoms with Crippen molar-refractivity contribution in [2.75, 3.05) is 13.6 Å². The number of carbonyl (C=O) groups is 2. The van der Waals surface area contributed by atoms with Gasteiger partial charge in [0.1, 0.15) is 5.92 Å². The van der Waals surface area contributed by atoms with Crippen LogP contribution >= 0.6 is 0 Å². The summed E-state index contributed by atoms with van der Waals surface area (Å²) >= 11 is 0. The normalized spacial score (nSPS) is 12.8. The van der Waals surface area contributed by atoms with Gasteiger partial charge in [0.2, 0.25) is 11.8 Å². The van der Waals surface area contributed by atoms with Crippen LogP contribution in [0.5, 0.6) is 0 Å². The van der Waals surface area contributed by atoms with Gasteiger partial charge in [-0.1, -0.05) is 13.8 Å². The van der Waals surface area contributed by atoms with E-state index in [2.05, 4.69) is 10.6 Å². The molecule has 0 aromatic heterocycles. The predicted molar refractivity (Wildman–Crippen MR) is 64.8 cm³/mol. The Bertz CT molecular complexity index is 329. The van der Waals surface area contributed by atoms with Crippen LogP contribution in [0, 0.1) is 28.6 Å². The fourth-order valence-electron chi connectivity index (χ4n) is 1.35. The SMILES string of the molecule is CNC(=O)C(C)(C)CNC(=O)C(C#N)C(C)C. The van der Waals surface area contributed by atoms with E-state index in [9.17, 15) is 9.59 Å². The van der Waals surface area contributed by atoms with Gasteiger partial charge in [-0.3, -0.25) is 9.59 Å². The fraction of sp³-hybridized carbons (Fsp3) is 0.750. The van der Waals surface area contributed by atoms with Crippen molar-refractivity contribution in [3.8, 4) is 6.07 Å². The molecular weight excluding hydrogens is 218 g/mol. The second kappa shape index (κ2) is 6.24. The minimum absolute atomic E-state index is 0.0388. The second-order valence-corrected chi connectivity index (χ2v) is 5.03. The smallest absolute Gasteiger partial charge is 0.237 e. The molecule has 0 aromatic carbocycles. The molecule has 2 N–H and O–H groups in total. The van der Waals surface area contributed by atoms with E-state index in [0.29, 0.717) is 0 Å². The minimum Gasteiger partial charge on any atom is -0.359 e. The number of amides is 2. The zero-order chi connectivity index (χ0) is 13.6. The summed E-state index contributed by atoms with van der Waals surface area (Å²) in [6.07, 6.45) is 0. The van der Waals surface area contributed by atoms with Crippen LogP contribution in [0.25, 0.3) is 0 Å². The summed E-state index contributed by atoms with van der Waals surface area (Å²) in [5.74, 6) is -1.17. The molecule has 0 rings (SSSR count). The first-order valence-corrected chi connectivity index (χ1v) is 5.65. The third kappa shape index (κ3) is 4.43. The average molecular weight is 239 g/mol. The van der Waals surface area contributed by atoms with Gasteiger partial charge in [-0.25, -0.2) is 0 Å². The molecule has 0 fully saturated rings. The Hall–Kier alpha value is -1.57. The van der Waals surface area contributed by atoms with Crippen LogP contribution in [0.2, 0.25) is 0 Å². The number of nitriles is 1. The van der Waals surface area contributed by atoms with E-state index < -0.39 is 11.3 Å². The predicted octanol–water partition coefficient (Wildman–Crippen LogP) is 0.671. The third-order valence-electron chi connectivity index (χ3n) is 2.63. The van der Waals surface area contributed by atoms with Gasteiger partial charge in [0, 0.05) is 13.6 Å². The molecule has 0 bridgehead atoms. The lowest BCUT2D eigenvalue weighted by atomic mass is 9.91. The first-order valence-electron chi connectivity index (χ1n) is 5.65. The van der Waals surface area contributed by atoms with Crippen molar-refractivity contribution >= 4 is 11.8 Å². The van der Waals surface area contributed by atoms with Gasteiger partial charge in [0.15, 0.2) is 0 Å². The van der Waals surface area contributed by atoms with Crippen molar-refractivity contribution in [3.63, 3.8) is 0 Å². The van der Waals surface area contributed by atoms with Crippen molar-refractivity contribution < 1.29 is 9.59 Å². The molecule has 0 saturated carbocycles. The van der Waals surface area contributed by atoms with Crippen LogP contribution in [0.4, 0.5) is 0 Å². The lowest BCUT2D eigenvalue weighted by molar-refractivity contribution is -0.130. The second-order valence-electron chi connectivity index (χ2n) is 5.03. The highest BCUT2D eigenvalue weighted by atomic mass is 16.2. The van der Waals surface area contributed by atoms with E-state index in [4.69, 9.17) is 5.26 Å². The van der Waals surface area contributed by atoms with Crippen LogP contribution in [0.3, 0.4) is 0 Å². The van der Waals surface area contributed by atoms with Crippen molar-refractivity contribution in [1.29, 1.82) is 5.26 Å². The topological polar surface area (TPSA) is 82.0 Å². The van der Waals surface area contributed by atoms with E-state index in [1.165, 1.54) is 0 Å². The standard InChI is InChI=1S/C12H21N3O2/c1-8(2)9(6-13)10(16)15-7-12(3,4)11(17)14-5/h8-9H,7H2,1-5H3,(H,14,17)(H,15,16). The van der Waals surface area contributed by atoms with Crippen LogP contribution in [-0.4, -0.2) is 25.4 Å². The molecular formula is C12H21N3O2. The van der Waals surface area contributed by atoms with Crippen LogP contribution in [0.1, 0.15) is 27.7 Å². The number of hydrogen-bond donors (Lipinski definition) is 2. The maximum atomic E-state index is 11.7. The Morgan fingerprint density at radius 1 is 1.35 bits per heavy atom. The molecule has 1 atom stereocenters. The average Bonchev–Trinajstić information content (AvgIpc) is 2.25. The number of nitrogens with zero attached hydrogens (tertiary/aromatic N) is 1. The number of nitrogens with one attached hydrogen (secondary N) is 2. The quantitative estimate of drug-likeness (QED) is 0.739. The summed E-state index contributed by atoms with van der Waals surface area (Å²) in [6, 6.07) is 1.97. The number of rotatable bonds is 5. The highest BCUT2D eigenvalue weighted by Crippen LogP contribution is 2.15. The molecule has 0 spiro atoms. The lowest BCUT2D eigenvalue weighted by Crippen LogP contribution is -2.45. The fourth-order valence-corrected chi connectivity index (χ4v) is 1.35. The summed E-state index contributed by atoms with van der Waals surface area (Å²) in [5, 5.41) is 14.0. The molecule has 0 radical (unpaired) electrons. The summed E-state index contributed by atoms with van der Waals surface area (Å²) in [5.41, 5.74) is -0.679. The van der Waals surface area contributed by atoms with Crippen molar-refractivity contribution in [1.82, 2.24) is 10.6 Å². The first kappa shape index (κ1) is 15.4. The van der Waals surface area contributed by atoms with Crippen molar-refractivity contribution in [2.24, 2.45) is 17.3 Å². The van der Waals surface area contributed by atoms with Gasteiger partial charge in [0.05, 0.1) is 11.5 Å². The molecule has 2 amide bonds. The largest absolute Gasteiger partial charge is 0.359 e. The van der Waals surface area contributed by atoms with E-state index in [0.717, 1.165) is 0 Å².